The molecule has 2 N–H and O–H groups in total. The van der Waals surface area contributed by atoms with Crippen LogP contribution in [0.4, 0.5) is 0 Å². The summed E-state index contributed by atoms with van der Waals surface area (Å²) in [6.07, 6.45) is 12.7. The maximum absolute atomic E-state index is 5.78. The first-order chi connectivity index (χ1) is 11.7. The third kappa shape index (κ3) is 2.09. The quantitative estimate of drug-likeness (QED) is 0.801. The summed E-state index contributed by atoms with van der Waals surface area (Å²) in [5.74, 6) is 1.27. The number of hydrogen-bond acceptors (Lipinski definition) is 4. The van der Waals surface area contributed by atoms with E-state index in [0.29, 0.717) is 17.9 Å². The van der Waals surface area contributed by atoms with Crippen LogP contribution in [-0.2, 0) is 7.05 Å². The minimum atomic E-state index is 0.503. The van der Waals surface area contributed by atoms with Crippen molar-refractivity contribution in [3.8, 4) is 11.1 Å². The van der Waals surface area contributed by atoms with Gasteiger partial charge in [0, 0.05) is 48.1 Å². The summed E-state index contributed by atoms with van der Waals surface area (Å²) in [5.41, 5.74) is 10.5. The Morgan fingerprint density at radius 2 is 2.00 bits per heavy atom. The Balaban J connectivity index is 1.62. The van der Waals surface area contributed by atoms with Gasteiger partial charge < -0.3 is 5.73 Å². The molecule has 0 aromatic carbocycles. The van der Waals surface area contributed by atoms with Gasteiger partial charge in [-0.3, -0.25) is 14.3 Å². The van der Waals surface area contributed by atoms with Gasteiger partial charge in [-0.2, -0.15) is 10.2 Å². The standard InChI is InChI=1S/C18H22N6/c1-23-18-13(8-21-23)7-20-9-15(18)16-10-24(14-4-11(5-14)6-19)22-17(16)12-2-3-12/h7-12,14H,2-6,19H2,1H3/t11-,14-. The Hall–Kier alpha value is -2.21. The average molecular weight is 322 g/mol. The molecule has 0 saturated heterocycles. The van der Waals surface area contributed by atoms with E-state index in [0.717, 1.165) is 35.9 Å². The Morgan fingerprint density at radius 3 is 2.75 bits per heavy atom. The van der Waals surface area contributed by atoms with Crippen molar-refractivity contribution in [1.29, 1.82) is 0 Å². The molecule has 2 aliphatic rings. The van der Waals surface area contributed by atoms with Gasteiger partial charge in [-0.25, -0.2) is 0 Å². The third-order valence-corrected chi connectivity index (χ3v) is 5.57. The second-order valence-electron chi connectivity index (χ2n) is 7.30. The predicted octanol–water partition coefficient (Wildman–Crippen LogP) is 2.62. The van der Waals surface area contributed by atoms with Crippen molar-refractivity contribution in [3.63, 3.8) is 0 Å². The van der Waals surface area contributed by atoms with Crippen molar-refractivity contribution in [3.05, 3.63) is 30.5 Å². The molecule has 3 aromatic rings. The van der Waals surface area contributed by atoms with E-state index < -0.39 is 0 Å². The van der Waals surface area contributed by atoms with Crippen LogP contribution in [0.1, 0.15) is 43.3 Å². The number of nitrogens with zero attached hydrogens (tertiary/aromatic N) is 5. The summed E-state index contributed by atoms with van der Waals surface area (Å²) in [6, 6.07) is 0.503. The summed E-state index contributed by atoms with van der Waals surface area (Å²) < 4.78 is 4.12. The van der Waals surface area contributed by atoms with Gasteiger partial charge in [-0.15, -0.1) is 0 Å². The Kier molecular flexibility index (Phi) is 3.03. The van der Waals surface area contributed by atoms with Gasteiger partial charge in [0.2, 0.25) is 0 Å². The van der Waals surface area contributed by atoms with Crippen molar-refractivity contribution < 1.29 is 0 Å². The van der Waals surface area contributed by atoms with Crippen LogP contribution < -0.4 is 5.73 Å². The summed E-state index contributed by atoms with van der Waals surface area (Å²) >= 11 is 0. The van der Waals surface area contributed by atoms with Crippen LogP contribution in [-0.4, -0.2) is 31.1 Å². The minimum Gasteiger partial charge on any atom is -0.330 e. The van der Waals surface area contributed by atoms with Crippen molar-refractivity contribution in [2.24, 2.45) is 18.7 Å². The third-order valence-electron chi connectivity index (χ3n) is 5.57. The number of rotatable bonds is 4. The summed E-state index contributed by atoms with van der Waals surface area (Å²) in [4.78, 5) is 4.43. The van der Waals surface area contributed by atoms with Crippen molar-refractivity contribution >= 4 is 10.9 Å². The Labute approximate surface area is 140 Å². The van der Waals surface area contributed by atoms with E-state index in [1.165, 1.54) is 24.1 Å². The lowest BCUT2D eigenvalue weighted by Gasteiger charge is -2.34. The van der Waals surface area contributed by atoms with Gasteiger partial charge in [0.15, 0.2) is 0 Å². The van der Waals surface area contributed by atoms with E-state index in [-0.39, 0.29) is 0 Å². The molecule has 2 saturated carbocycles. The number of pyridine rings is 1. The molecule has 0 aliphatic heterocycles. The van der Waals surface area contributed by atoms with Crippen LogP contribution >= 0.6 is 0 Å². The first kappa shape index (κ1) is 14.2. The zero-order chi connectivity index (χ0) is 16.3. The predicted molar refractivity (Wildman–Crippen MR) is 92.5 cm³/mol. The first-order valence-corrected chi connectivity index (χ1v) is 8.79. The highest BCUT2D eigenvalue weighted by atomic mass is 15.3. The normalized spacial score (nSPS) is 23.6. The molecule has 5 rings (SSSR count). The monoisotopic (exact) mass is 322 g/mol. The molecule has 0 bridgehead atoms. The highest BCUT2D eigenvalue weighted by molar-refractivity contribution is 5.93. The molecule has 3 aromatic heterocycles. The lowest BCUT2D eigenvalue weighted by Crippen LogP contribution is -2.32. The number of fused-ring (bicyclic) bond motifs is 1. The van der Waals surface area contributed by atoms with Gasteiger partial charge in [-0.1, -0.05) is 0 Å². The van der Waals surface area contributed by atoms with E-state index in [4.69, 9.17) is 10.8 Å². The minimum absolute atomic E-state index is 0.503. The van der Waals surface area contributed by atoms with Crippen LogP contribution in [0, 0.1) is 5.92 Å². The fourth-order valence-electron chi connectivity index (χ4n) is 3.90. The molecule has 0 spiro atoms. The second kappa shape index (κ2) is 5.14. The largest absolute Gasteiger partial charge is 0.330 e. The average Bonchev–Trinajstić information content (AvgIpc) is 3.20. The number of hydrogen-bond donors (Lipinski definition) is 1. The Bertz CT molecular complexity index is 898. The highest BCUT2D eigenvalue weighted by Crippen LogP contribution is 2.46. The summed E-state index contributed by atoms with van der Waals surface area (Å²) in [7, 11) is 1.99. The van der Waals surface area contributed by atoms with Crippen molar-refractivity contribution in [2.45, 2.75) is 37.6 Å². The van der Waals surface area contributed by atoms with E-state index in [1.54, 1.807) is 0 Å². The van der Waals surface area contributed by atoms with Gasteiger partial charge in [-0.05, 0) is 38.1 Å². The molecule has 6 nitrogen and oxygen atoms in total. The molecular weight excluding hydrogens is 300 g/mol. The zero-order valence-corrected chi connectivity index (χ0v) is 13.9. The summed E-state index contributed by atoms with van der Waals surface area (Å²) in [6.45, 7) is 0.790. The van der Waals surface area contributed by atoms with Crippen LogP contribution in [0.2, 0.25) is 0 Å². The molecular formula is C18H22N6. The lowest BCUT2D eigenvalue weighted by molar-refractivity contribution is 0.189. The number of aromatic nitrogens is 5. The van der Waals surface area contributed by atoms with E-state index >= 15 is 0 Å². The van der Waals surface area contributed by atoms with Gasteiger partial charge in [0.1, 0.15) is 0 Å². The Morgan fingerprint density at radius 1 is 1.17 bits per heavy atom. The molecule has 0 atom stereocenters. The first-order valence-electron chi connectivity index (χ1n) is 8.79. The molecule has 6 heteroatoms. The second-order valence-corrected chi connectivity index (χ2v) is 7.30. The molecule has 0 amide bonds. The molecule has 2 fully saturated rings. The molecule has 0 unspecified atom stereocenters. The summed E-state index contributed by atoms with van der Waals surface area (Å²) in [5, 5.41) is 10.5. The SMILES string of the molecule is Cn1ncc2cncc(-c3cn([C@H]4C[C@H](CN)C4)nc3C3CC3)c21. The highest BCUT2D eigenvalue weighted by Gasteiger charge is 2.34. The van der Waals surface area contributed by atoms with Gasteiger partial charge in [0.05, 0.1) is 23.4 Å². The topological polar surface area (TPSA) is 74.5 Å². The molecule has 0 radical (unpaired) electrons. The maximum Gasteiger partial charge on any atom is 0.0789 e. The molecule has 3 heterocycles. The molecule has 24 heavy (non-hydrogen) atoms. The zero-order valence-electron chi connectivity index (χ0n) is 13.9. The number of aryl methyl sites for hydroxylation is 1. The maximum atomic E-state index is 5.78. The van der Waals surface area contributed by atoms with Crippen molar-refractivity contribution in [1.82, 2.24) is 24.5 Å². The molecule has 124 valence electrons. The van der Waals surface area contributed by atoms with Crippen molar-refractivity contribution in [2.75, 3.05) is 6.54 Å². The lowest BCUT2D eigenvalue weighted by atomic mass is 9.80. The fraction of sp³-hybridized carbons (Fsp3) is 0.500. The fourth-order valence-corrected chi connectivity index (χ4v) is 3.90. The van der Waals surface area contributed by atoms with Crippen LogP contribution in [0.15, 0.2) is 24.8 Å². The van der Waals surface area contributed by atoms with Crippen LogP contribution in [0.3, 0.4) is 0 Å². The number of nitrogens with two attached hydrogens (primary N) is 1. The van der Waals surface area contributed by atoms with Gasteiger partial charge in [0.25, 0.3) is 0 Å². The van der Waals surface area contributed by atoms with Crippen LogP contribution in [0.5, 0.6) is 0 Å². The van der Waals surface area contributed by atoms with E-state index in [9.17, 15) is 0 Å². The van der Waals surface area contributed by atoms with E-state index in [1.807, 2.05) is 30.3 Å². The van der Waals surface area contributed by atoms with Gasteiger partial charge >= 0.3 is 0 Å². The smallest absolute Gasteiger partial charge is 0.0789 e. The van der Waals surface area contributed by atoms with Crippen LogP contribution in [0.25, 0.3) is 22.0 Å². The van der Waals surface area contributed by atoms with E-state index in [2.05, 4.69) is 21.0 Å². The molecule has 2 aliphatic carbocycles.